The van der Waals surface area contributed by atoms with E-state index in [-0.39, 0.29) is 79.0 Å². The molecule has 10 aromatic rings. The summed E-state index contributed by atoms with van der Waals surface area (Å²) in [4.78, 5) is 118. The molecular formula is C80H80N4O20S4. The summed E-state index contributed by atoms with van der Waals surface area (Å²) in [6.45, 7) is 8.54. The second kappa shape index (κ2) is 35.5. The highest BCUT2D eigenvalue weighted by Crippen LogP contribution is 2.49. The molecule has 0 unspecified atom stereocenters. The van der Waals surface area contributed by atoms with Gasteiger partial charge in [0.1, 0.15) is 0 Å². The van der Waals surface area contributed by atoms with Gasteiger partial charge in [0.2, 0.25) is 0 Å². The van der Waals surface area contributed by atoms with E-state index in [0.29, 0.717) is 172 Å². The van der Waals surface area contributed by atoms with Crippen LogP contribution in [0.2, 0.25) is 0 Å². The molecule has 564 valence electrons. The van der Waals surface area contributed by atoms with Crippen molar-refractivity contribution in [3.8, 4) is 0 Å². The third-order valence-electron chi connectivity index (χ3n) is 19.8. The molecule has 28 bridgehead atoms. The summed E-state index contributed by atoms with van der Waals surface area (Å²) < 4.78 is 69.1. The van der Waals surface area contributed by atoms with Gasteiger partial charge in [0, 0.05) is 89.1 Å². The number of rotatable bonds is 0. The van der Waals surface area contributed by atoms with Crippen molar-refractivity contribution in [3.63, 3.8) is 0 Å². The van der Waals surface area contributed by atoms with Gasteiger partial charge in [0.15, 0.2) is 0 Å². The van der Waals surface area contributed by atoms with Gasteiger partial charge in [0.25, 0.3) is 47.3 Å². The molecule has 0 N–H and O–H groups in total. The lowest BCUT2D eigenvalue weighted by Crippen LogP contribution is -2.42. The molecule has 17 heterocycles. The van der Waals surface area contributed by atoms with Gasteiger partial charge in [-0.25, -0.2) is 0 Å². The number of nitrogens with zero attached hydrogens (tertiary/aromatic N) is 4. The van der Waals surface area contributed by atoms with Crippen molar-refractivity contribution in [1.29, 1.82) is 0 Å². The van der Waals surface area contributed by atoms with E-state index in [0.717, 1.165) is 87.6 Å². The normalized spacial score (nSPS) is 20.0. The molecule has 0 aromatic heterocycles. The largest absolute Gasteiger partial charge is 0.378 e. The lowest BCUT2D eigenvalue weighted by atomic mass is 9.82. The van der Waals surface area contributed by atoms with Crippen LogP contribution in [0.5, 0.6) is 0 Å². The molecule has 0 spiro atoms. The number of imide groups is 4. The summed E-state index contributed by atoms with van der Waals surface area (Å²) in [6, 6.07) is 29.2. The van der Waals surface area contributed by atoms with E-state index in [9.17, 15) is 38.4 Å². The number of carbonyl (C=O) groups excluding carboxylic acids is 8. The van der Waals surface area contributed by atoms with E-state index in [1.54, 1.807) is 91.7 Å². The zero-order valence-electron chi connectivity index (χ0n) is 59.5. The number of carbonyl (C=O) groups is 8. The molecular weight excluding hydrogens is 1470 g/mol. The molecule has 0 saturated heterocycles. The van der Waals surface area contributed by atoms with Crippen molar-refractivity contribution in [2.45, 2.75) is 0 Å². The number of hydrogen-bond donors (Lipinski definition) is 0. The first-order valence-electron chi connectivity index (χ1n) is 36.4. The van der Waals surface area contributed by atoms with Crippen LogP contribution in [0.1, 0.15) is 82.9 Å². The molecule has 8 amide bonds. The highest BCUT2D eigenvalue weighted by atomic mass is 33.1. The topological polar surface area (TPSA) is 260 Å². The fourth-order valence-corrected chi connectivity index (χ4v) is 18.4. The summed E-state index contributed by atoms with van der Waals surface area (Å²) in [5, 5.41) is 11.9. The average Bonchev–Trinajstić information content (AvgIpc) is 0.696. The van der Waals surface area contributed by atoms with Crippen molar-refractivity contribution >= 4 is 177 Å². The molecule has 17 aliphatic heterocycles. The average molecular weight is 1550 g/mol. The van der Waals surface area contributed by atoms with Crippen LogP contribution in [0.3, 0.4) is 0 Å². The summed E-state index contributed by atoms with van der Waals surface area (Å²) in [7, 11) is 6.78. The minimum Gasteiger partial charge on any atom is -0.378 e. The summed E-state index contributed by atoms with van der Waals surface area (Å²) in [5.41, 5.74) is 3.30. The highest BCUT2D eigenvalue weighted by Gasteiger charge is 2.40. The molecule has 27 rings (SSSR count). The minimum absolute atomic E-state index is 0.0586. The van der Waals surface area contributed by atoms with Gasteiger partial charge in [-0.05, 0) is 113 Å². The van der Waals surface area contributed by atoms with Gasteiger partial charge < -0.3 is 56.8 Å². The second-order valence-electron chi connectivity index (χ2n) is 26.0. The Morgan fingerprint density at radius 3 is 0.472 bits per heavy atom. The Balaban J connectivity index is 0.509. The van der Waals surface area contributed by atoms with Crippen molar-refractivity contribution in [1.82, 2.24) is 19.6 Å². The van der Waals surface area contributed by atoms with E-state index in [2.05, 4.69) is 0 Å². The lowest BCUT2D eigenvalue weighted by Gasteiger charge is -2.30. The van der Waals surface area contributed by atoms with Gasteiger partial charge >= 0.3 is 0 Å². The Morgan fingerprint density at radius 1 is 0.176 bits per heavy atom. The maximum absolute atomic E-state index is 14.1. The van der Waals surface area contributed by atoms with E-state index in [1.165, 1.54) is 19.6 Å². The third kappa shape index (κ3) is 15.3. The van der Waals surface area contributed by atoms with Crippen LogP contribution in [-0.4, -0.2) is 275 Å². The highest BCUT2D eigenvalue weighted by molar-refractivity contribution is 8.77. The second-order valence-corrected chi connectivity index (χ2v) is 31.4. The van der Waals surface area contributed by atoms with Crippen molar-refractivity contribution in [2.24, 2.45) is 0 Å². The lowest BCUT2D eigenvalue weighted by molar-refractivity contribution is 0.0130. The Hall–Kier alpha value is -7.72. The smallest absolute Gasteiger partial charge is 0.261 e. The first-order chi connectivity index (χ1) is 53.1. The SMILES string of the molecule is O=C1c2ccc3c4ccc5c6c7ccc(c8ccc(c2c38)C(=O)N1CCOCCOCCOCCSSCCOCCOCCOCCN1C(=O)c2ccc3c8ccc9c%10c(ccc(c%11ccc(c2c3%11)C1=O)c%108)C(=O)N(CCOCCOCCOCCSSCCOCCOCCOCCN(C5=O)C7=O)C9=O)c64. The predicted molar refractivity (Wildman–Crippen MR) is 416 cm³/mol. The summed E-state index contributed by atoms with van der Waals surface area (Å²) >= 11 is 0. The van der Waals surface area contributed by atoms with E-state index in [4.69, 9.17) is 56.8 Å². The van der Waals surface area contributed by atoms with Crippen LogP contribution in [-0.2, 0) is 56.8 Å². The zero-order chi connectivity index (χ0) is 74.0. The maximum atomic E-state index is 14.1. The molecule has 10 aromatic carbocycles. The van der Waals surface area contributed by atoms with Crippen molar-refractivity contribution in [2.75, 3.05) is 208 Å². The van der Waals surface area contributed by atoms with Crippen molar-refractivity contribution in [3.05, 3.63) is 142 Å². The Labute approximate surface area is 636 Å². The van der Waals surface area contributed by atoms with Crippen LogP contribution < -0.4 is 0 Å². The van der Waals surface area contributed by atoms with Crippen molar-refractivity contribution < 1.29 is 95.2 Å². The van der Waals surface area contributed by atoms with E-state index < -0.39 is 47.3 Å². The molecule has 17 aliphatic rings. The predicted octanol–water partition coefficient (Wildman–Crippen LogP) is 10.8. The molecule has 0 fully saturated rings. The quantitative estimate of drug-likeness (QED) is 0.0591. The Bertz CT molecular complexity index is 4220. The molecule has 28 heteroatoms. The molecule has 0 atom stereocenters. The molecule has 108 heavy (non-hydrogen) atoms. The van der Waals surface area contributed by atoms with Gasteiger partial charge in [0.05, 0.1) is 185 Å². The Kier molecular flexibility index (Phi) is 24.9. The molecule has 0 radical (unpaired) electrons. The van der Waals surface area contributed by atoms with Crippen LogP contribution in [0.15, 0.2) is 97.1 Å². The third-order valence-corrected chi connectivity index (χ3v) is 24.5. The Morgan fingerprint density at radius 2 is 0.315 bits per heavy atom. The van der Waals surface area contributed by atoms with E-state index in [1.807, 2.05) is 48.5 Å². The van der Waals surface area contributed by atoms with E-state index >= 15 is 0 Å². The van der Waals surface area contributed by atoms with Crippen LogP contribution >= 0.6 is 43.2 Å². The molecule has 24 nitrogen and oxygen atoms in total. The summed E-state index contributed by atoms with van der Waals surface area (Å²) in [6.07, 6.45) is 0. The van der Waals surface area contributed by atoms with Gasteiger partial charge in [-0.1, -0.05) is 91.7 Å². The van der Waals surface area contributed by atoms with Crippen LogP contribution in [0.4, 0.5) is 0 Å². The van der Waals surface area contributed by atoms with Crippen LogP contribution in [0, 0.1) is 0 Å². The summed E-state index contributed by atoms with van der Waals surface area (Å²) in [5.74, 6) is -0.101. The fourth-order valence-electron chi connectivity index (χ4n) is 14.9. The zero-order valence-corrected chi connectivity index (χ0v) is 62.7. The first kappa shape index (κ1) is 75.7. The number of benzene rings is 10. The number of hydrogen-bond acceptors (Lipinski definition) is 24. The minimum atomic E-state index is -0.408. The van der Waals surface area contributed by atoms with Gasteiger partial charge in [-0.15, -0.1) is 0 Å². The number of ether oxygens (including phenoxy) is 12. The van der Waals surface area contributed by atoms with Gasteiger partial charge in [-0.3, -0.25) is 58.0 Å². The maximum Gasteiger partial charge on any atom is 0.261 e. The van der Waals surface area contributed by atoms with Crippen LogP contribution in [0.25, 0.3) is 86.2 Å². The molecule has 0 saturated carbocycles. The van der Waals surface area contributed by atoms with Gasteiger partial charge in [-0.2, -0.15) is 0 Å². The monoisotopic (exact) mass is 1540 g/mol. The standard InChI is InChI=1S/C80H80N4O20S4/c85-73-57-9-1-49-50-2-10-59-70-60-12-4-52(66(50)70)51-3-11-58(69(57)65(49)51)74(86)81(73)17-21-93-25-29-97-33-37-101-41-45-105-106-47-43-103-39-35-99-31-27-95-23-19-83-77(89)61-13-5-53-55-7-15-63-72-64(16-8-56(68(55)72)54-6-14-62(78(83)90)71(61)67(53)54)80(92)84(79(63)91)20-24-96-28-32-100-36-40-104-44-48-108-107-46-42-102-38-34-98-30-26-94-22-18-82(75(59)87)76(60)88/h1-16H,17-48H2. The first-order valence-corrected chi connectivity index (χ1v) is 41.4. The fraction of sp³-hybridized carbons (Fsp3) is 0.400. The molecule has 0 aliphatic carbocycles. The number of amides is 8.